The summed E-state index contributed by atoms with van der Waals surface area (Å²) in [6.45, 7) is 5.14. The monoisotopic (exact) mass is 378 g/mol. The van der Waals surface area contributed by atoms with Gasteiger partial charge in [-0.3, -0.25) is 9.59 Å². The van der Waals surface area contributed by atoms with Crippen molar-refractivity contribution in [3.8, 4) is 0 Å². The first kappa shape index (κ1) is 21.5. The second-order valence-corrected chi connectivity index (χ2v) is 7.97. The van der Waals surface area contributed by atoms with E-state index in [2.05, 4.69) is 0 Å². The number of carboxylic acids is 1. The summed E-state index contributed by atoms with van der Waals surface area (Å²) >= 11 is 0. The maximum Gasteiger partial charge on any atom is 0.303 e. The molecule has 0 bridgehead atoms. The Balaban J connectivity index is 1.80. The molecule has 2 rings (SSSR count). The predicted molar refractivity (Wildman–Crippen MR) is 101 cm³/mol. The quantitative estimate of drug-likeness (QED) is 0.473. The van der Waals surface area contributed by atoms with Crippen molar-refractivity contribution in [1.29, 1.82) is 0 Å². The van der Waals surface area contributed by atoms with Crippen molar-refractivity contribution in [2.45, 2.75) is 51.9 Å². The molecule has 0 spiro atoms. The Labute approximate surface area is 160 Å². The van der Waals surface area contributed by atoms with E-state index in [0.717, 1.165) is 0 Å². The number of ether oxygens (including phenoxy) is 2. The molecule has 0 unspecified atom stereocenters. The van der Waals surface area contributed by atoms with E-state index >= 15 is 0 Å². The van der Waals surface area contributed by atoms with E-state index in [9.17, 15) is 14.7 Å². The van der Waals surface area contributed by atoms with Gasteiger partial charge in [-0.1, -0.05) is 44.2 Å². The average Bonchev–Trinajstić information content (AvgIpc) is 2.95. The molecule has 1 aliphatic heterocycles. The third kappa shape index (κ3) is 7.05. The summed E-state index contributed by atoms with van der Waals surface area (Å²) in [7, 11) is 0. The second-order valence-electron chi connectivity index (χ2n) is 7.97. The predicted octanol–water partition coefficient (Wildman–Crippen LogP) is 2.88. The highest BCUT2D eigenvalue weighted by Crippen LogP contribution is 2.28. The molecule has 27 heavy (non-hydrogen) atoms. The first-order valence-corrected chi connectivity index (χ1v) is 9.47. The lowest BCUT2D eigenvalue weighted by atomic mass is 9.90. The highest BCUT2D eigenvalue weighted by molar-refractivity contribution is 5.95. The SMILES string of the molecule is CC1(C)COC([C@H](O)/C=C/[C@H]2C=CC(=O)[C@@H]2C/C=C\CCCC(=O)O)OC1. The van der Waals surface area contributed by atoms with Gasteiger partial charge < -0.3 is 19.7 Å². The van der Waals surface area contributed by atoms with Gasteiger partial charge in [0.1, 0.15) is 6.10 Å². The van der Waals surface area contributed by atoms with E-state index in [4.69, 9.17) is 14.6 Å². The van der Waals surface area contributed by atoms with E-state index in [1.165, 1.54) is 0 Å². The zero-order valence-electron chi connectivity index (χ0n) is 16.0. The molecule has 0 aromatic carbocycles. The number of carboxylic acid groups (broad SMARTS) is 1. The van der Waals surface area contributed by atoms with Crippen LogP contribution in [0.2, 0.25) is 0 Å². The number of aliphatic hydroxyl groups is 1. The molecule has 1 saturated heterocycles. The van der Waals surface area contributed by atoms with Gasteiger partial charge in [0.15, 0.2) is 12.1 Å². The molecular weight excluding hydrogens is 348 g/mol. The van der Waals surface area contributed by atoms with Gasteiger partial charge in [0.25, 0.3) is 0 Å². The third-order valence-electron chi connectivity index (χ3n) is 4.72. The second kappa shape index (κ2) is 9.97. The first-order chi connectivity index (χ1) is 12.8. The molecule has 1 aliphatic carbocycles. The van der Waals surface area contributed by atoms with Crippen LogP contribution >= 0.6 is 0 Å². The Hall–Kier alpha value is -1.76. The molecule has 1 heterocycles. The summed E-state index contributed by atoms with van der Waals surface area (Å²) < 4.78 is 11.2. The van der Waals surface area contributed by atoms with E-state index in [-0.39, 0.29) is 29.5 Å². The van der Waals surface area contributed by atoms with E-state index in [1.807, 2.05) is 38.2 Å². The fourth-order valence-corrected chi connectivity index (χ4v) is 3.09. The minimum absolute atomic E-state index is 0.0531. The lowest BCUT2D eigenvalue weighted by molar-refractivity contribution is -0.248. The number of carbonyl (C=O) groups excluding carboxylic acids is 1. The van der Waals surface area contributed by atoms with E-state index in [0.29, 0.717) is 32.5 Å². The summed E-state index contributed by atoms with van der Waals surface area (Å²) in [5.41, 5.74) is -0.0531. The molecule has 1 fully saturated rings. The Morgan fingerprint density at radius 1 is 1.33 bits per heavy atom. The summed E-state index contributed by atoms with van der Waals surface area (Å²) in [4.78, 5) is 22.5. The molecule has 0 aromatic rings. The summed E-state index contributed by atoms with van der Waals surface area (Å²) in [6, 6.07) is 0. The lowest BCUT2D eigenvalue weighted by Crippen LogP contribution is -2.42. The molecule has 0 amide bonds. The van der Waals surface area contributed by atoms with Crippen LogP contribution in [0.25, 0.3) is 0 Å². The molecule has 6 nitrogen and oxygen atoms in total. The van der Waals surface area contributed by atoms with Crippen LogP contribution in [0, 0.1) is 17.3 Å². The summed E-state index contributed by atoms with van der Waals surface area (Å²) in [6.07, 6.45) is 11.2. The normalized spacial score (nSPS) is 27.0. The van der Waals surface area contributed by atoms with Crippen LogP contribution in [-0.4, -0.2) is 47.6 Å². The molecule has 6 heteroatoms. The van der Waals surface area contributed by atoms with Crippen molar-refractivity contribution in [1.82, 2.24) is 0 Å². The number of ketones is 1. The van der Waals surface area contributed by atoms with Gasteiger partial charge in [-0.05, 0) is 25.3 Å². The van der Waals surface area contributed by atoms with E-state index in [1.54, 1.807) is 12.2 Å². The fourth-order valence-electron chi connectivity index (χ4n) is 3.09. The molecule has 150 valence electrons. The number of allylic oxidation sites excluding steroid dienone is 5. The lowest BCUT2D eigenvalue weighted by Gasteiger charge is -2.35. The molecule has 2 aliphatic rings. The zero-order chi connectivity index (χ0) is 19.9. The number of aliphatic hydroxyl groups excluding tert-OH is 1. The van der Waals surface area contributed by atoms with Crippen LogP contribution in [0.5, 0.6) is 0 Å². The minimum Gasteiger partial charge on any atom is -0.481 e. The molecular formula is C21H30O6. The standard InChI is InChI=1S/C21H30O6/c1-21(2)13-26-20(27-14-21)18(23)12-10-15-9-11-17(22)16(15)7-5-3-4-6-8-19(24)25/h3,5,9-12,15-16,18,20,23H,4,6-8,13-14H2,1-2H3,(H,24,25)/b5-3-,12-10+/t15-,16-,18-/m1/s1. The Morgan fingerprint density at radius 2 is 2.04 bits per heavy atom. The summed E-state index contributed by atoms with van der Waals surface area (Å²) in [5.74, 6) is -0.981. The number of unbranched alkanes of at least 4 members (excludes halogenated alkanes) is 1. The van der Waals surface area contributed by atoms with Crippen LogP contribution in [-0.2, 0) is 19.1 Å². The van der Waals surface area contributed by atoms with Gasteiger partial charge in [0.05, 0.1) is 13.2 Å². The molecule has 0 saturated carbocycles. The molecule has 0 radical (unpaired) electrons. The van der Waals surface area contributed by atoms with Crippen molar-refractivity contribution in [2.75, 3.05) is 13.2 Å². The first-order valence-electron chi connectivity index (χ1n) is 9.47. The van der Waals surface area contributed by atoms with Gasteiger partial charge >= 0.3 is 5.97 Å². The maximum absolute atomic E-state index is 12.1. The number of aliphatic carboxylic acids is 1. The third-order valence-corrected chi connectivity index (χ3v) is 4.72. The molecule has 2 N–H and O–H groups in total. The number of hydrogen-bond donors (Lipinski definition) is 2. The fraction of sp³-hybridized carbons (Fsp3) is 0.619. The van der Waals surface area contributed by atoms with Crippen molar-refractivity contribution in [3.63, 3.8) is 0 Å². The topological polar surface area (TPSA) is 93.1 Å². The average molecular weight is 378 g/mol. The number of hydrogen-bond acceptors (Lipinski definition) is 5. The van der Waals surface area contributed by atoms with Crippen molar-refractivity contribution in [3.05, 3.63) is 36.5 Å². The van der Waals surface area contributed by atoms with Crippen LogP contribution in [0.1, 0.15) is 39.5 Å². The van der Waals surface area contributed by atoms with Gasteiger partial charge in [0, 0.05) is 23.7 Å². The zero-order valence-corrected chi connectivity index (χ0v) is 16.0. The molecule has 3 atom stereocenters. The smallest absolute Gasteiger partial charge is 0.303 e. The van der Waals surface area contributed by atoms with E-state index < -0.39 is 18.4 Å². The highest BCUT2D eigenvalue weighted by Gasteiger charge is 2.32. The van der Waals surface area contributed by atoms with Crippen molar-refractivity contribution >= 4 is 11.8 Å². The number of rotatable bonds is 9. The van der Waals surface area contributed by atoms with Gasteiger partial charge in [-0.15, -0.1) is 0 Å². The summed E-state index contributed by atoms with van der Waals surface area (Å²) in [5, 5.41) is 18.9. The Kier molecular flexibility index (Phi) is 7.95. The van der Waals surface area contributed by atoms with Crippen LogP contribution in [0.4, 0.5) is 0 Å². The van der Waals surface area contributed by atoms with Crippen molar-refractivity contribution < 1.29 is 29.3 Å². The Morgan fingerprint density at radius 3 is 2.70 bits per heavy atom. The van der Waals surface area contributed by atoms with Gasteiger partial charge in [0.2, 0.25) is 0 Å². The molecule has 0 aromatic heterocycles. The van der Waals surface area contributed by atoms with Crippen molar-refractivity contribution in [2.24, 2.45) is 17.3 Å². The largest absolute Gasteiger partial charge is 0.481 e. The van der Waals surface area contributed by atoms with Crippen LogP contribution < -0.4 is 0 Å². The van der Waals surface area contributed by atoms with Crippen LogP contribution in [0.15, 0.2) is 36.5 Å². The van der Waals surface area contributed by atoms with Crippen LogP contribution in [0.3, 0.4) is 0 Å². The maximum atomic E-state index is 12.1. The highest BCUT2D eigenvalue weighted by atomic mass is 16.7. The van der Waals surface area contributed by atoms with Gasteiger partial charge in [-0.25, -0.2) is 0 Å². The Bertz CT molecular complexity index is 594. The number of carbonyl (C=O) groups is 2. The minimum atomic E-state index is -0.877. The van der Waals surface area contributed by atoms with Gasteiger partial charge in [-0.2, -0.15) is 0 Å².